The lowest BCUT2D eigenvalue weighted by Crippen LogP contribution is -2.20. The van der Waals surface area contributed by atoms with E-state index in [0.29, 0.717) is 18.0 Å². The Morgan fingerprint density at radius 2 is 1.63 bits per heavy atom. The van der Waals surface area contributed by atoms with Gasteiger partial charge in [0, 0.05) is 22.7 Å². The minimum atomic E-state index is -0.235. The van der Waals surface area contributed by atoms with E-state index in [0.717, 1.165) is 27.9 Å². The number of aromatic nitrogens is 1. The fourth-order valence-corrected chi connectivity index (χ4v) is 3.16. The summed E-state index contributed by atoms with van der Waals surface area (Å²) in [6.45, 7) is 2.43. The number of ether oxygens (including phenoxy) is 2. The zero-order valence-corrected chi connectivity index (χ0v) is 16.7. The van der Waals surface area contributed by atoms with Gasteiger partial charge in [-0.25, -0.2) is 4.98 Å². The van der Waals surface area contributed by atoms with Crippen molar-refractivity contribution in [3.05, 3.63) is 84.9 Å². The van der Waals surface area contributed by atoms with Gasteiger partial charge < -0.3 is 14.8 Å². The third-order valence-corrected chi connectivity index (χ3v) is 4.56. The molecular formula is C25H22N2O3. The van der Waals surface area contributed by atoms with Crippen molar-refractivity contribution < 1.29 is 14.3 Å². The molecule has 5 heteroatoms. The first-order valence-corrected chi connectivity index (χ1v) is 9.83. The van der Waals surface area contributed by atoms with Crippen molar-refractivity contribution >= 4 is 22.5 Å². The van der Waals surface area contributed by atoms with Gasteiger partial charge in [-0.15, -0.1) is 0 Å². The van der Waals surface area contributed by atoms with Crippen LogP contribution in [-0.2, 0) is 4.79 Å². The fourth-order valence-electron chi connectivity index (χ4n) is 3.16. The van der Waals surface area contributed by atoms with Crippen LogP contribution in [0.4, 0.5) is 5.69 Å². The number of carbonyl (C=O) groups excluding carboxylic acids is 1. The maximum Gasteiger partial charge on any atom is 0.262 e. The molecule has 0 saturated heterocycles. The van der Waals surface area contributed by atoms with Gasteiger partial charge in [0.25, 0.3) is 5.91 Å². The second-order valence-corrected chi connectivity index (χ2v) is 6.68. The Labute approximate surface area is 175 Å². The normalized spacial score (nSPS) is 10.6. The molecule has 0 bridgehead atoms. The number of nitrogens with one attached hydrogen (secondary N) is 1. The molecule has 0 spiro atoms. The monoisotopic (exact) mass is 398 g/mol. The molecule has 0 aliphatic heterocycles. The van der Waals surface area contributed by atoms with E-state index in [4.69, 9.17) is 14.5 Å². The molecule has 0 aliphatic rings. The molecule has 1 amide bonds. The lowest BCUT2D eigenvalue weighted by atomic mass is 10.1. The summed E-state index contributed by atoms with van der Waals surface area (Å²) < 4.78 is 11.3. The van der Waals surface area contributed by atoms with Gasteiger partial charge in [0.1, 0.15) is 11.5 Å². The Morgan fingerprint density at radius 1 is 0.900 bits per heavy atom. The SMILES string of the molecule is CCOc1ccc(NC(=O)COc2cc(-c3ccccc3)nc3ccccc23)cc1. The van der Waals surface area contributed by atoms with Crippen LogP contribution in [0.2, 0.25) is 0 Å². The minimum Gasteiger partial charge on any atom is -0.494 e. The number of para-hydroxylation sites is 1. The van der Waals surface area contributed by atoms with Crippen LogP contribution >= 0.6 is 0 Å². The van der Waals surface area contributed by atoms with E-state index in [2.05, 4.69) is 5.32 Å². The third kappa shape index (κ3) is 4.58. The summed E-state index contributed by atoms with van der Waals surface area (Å²) in [5.41, 5.74) is 3.31. The number of pyridine rings is 1. The van der Waals surface area contributed by atoms with Gasteiger partial charge in [-0.1, -0.05) is 42.5 Å². The molecule has 1 aromatic heterocycles. The van der Waals surface area contributed by atoms with Crippen LogP contribution in [0, 0.1) is 0 Å². The van der Waals surface area contributed by atoms with Crippen molar-refractivity contribution in [2.75, 3.05) is 18.5 Å². The molecule has 150 valence electrons. The van der Waals surface area contributed by atoms with E-state index in [1.165, 1.54) is 0 Å². The molecule has 1 heterocycles. The van der Waals surface area contributed by atoms with Crippen molar-refractivity contribution in [1.82, 2.24) is 4.98 Å². The van der Waals surface area contributed by atoms with Crippen molar-refractivity contribution in [2.45, 2.75) is 6.92 Å². The van der Waals surface area contributed by atoms with Gasteiger partial charge in [0.2, 0.25) is 0 Å². The van der Waals surface area contributed by atoms with Crippen molar-refractivity contribution in [1.29, 1.82) is 0 Å². The third-order valence-electron chi connectivity index (χ3n) is 4.56. The average molecular weight is 398 g/mol. The molecule has 0 aliphatic carbocycles. The number of nitrogens with zero attached hydrogens (tertiary/aromatic N) is 1. The van der Waals surface area contributed by atoms with Crippen LogP contribution in [-0.4, -0.2) is 24.1 Å². The number of anilines is 1. The van der Waals surface area contributed by atoms with Gasteiger partial charge >= 0.3 is 0 Å². The highest BCUT2D eigenvalue weighted by molar-refractivity contribution is 5.93. The predicted octanol–water partition coefficient (Wildman–Crippen LogP) is 5.32. The van der Waals surface area contributed by atoms with Crippen molar-refractivity contribution in [3.8, 4) is 22.8 Å². The molecule has 0 atom stereocenters. The number of hydrogen-bond donors (Lipinski definition) is 1. The molecule has 4 aromatic rings. The highest BCUT2D eigenvalue weighted by Crippen LogP contribution is 2.30. The summed E-state index contributed by atoms with van der Waals surface area (Å²) in [6.07, 6.45) is 0. The molecule has 0 unspecified atom stereocenters. The van der Waals surface area contributed by atoms with Crippen LogP contribution in [0.3, 0.4) is 0 Å². The lowest BCUT2D eigenvalue weighted by molar-refractivity contribution is -0.118. The van der Waals surface area contributed by atoms with Gasteiger partial charge in [-0.2, -0.15) is 0 Å². The number of rotatable bonds is 7. The minimum absolute atomic E-state index is 0.102. The Balaban J connectivity index is 1.51. The fraction of sp³-hybridized carbons (Fsp3) is 0.120. The number of carbonyl (C=O) groups is 1. The zero-order valence-electron chi connectivity index (χ0n) is 16.7. The number of benzene rings is 3. The number of hydrogen-bond acceptors (Lipinski definition) is 4. The Hall–Kier alpha value is -3.86. The summed E-state index contributed by atoms with van der Waals surface area (Å²) >= 11 is 0. The quantitative estimate of drug-likeness (QED) is 0.458. The Kier molecular flexibility index (Phi) is 5.90. The summed E-state index contributed by atoms with van der Waals surface area (Å²) in [4.78, 5) is 17.1. The van der Waals surface area contributed by atoms with E-state index in [1.54, 1.807) is 12.1 Å². The second-order valence-electron chi connectivity index (χ2n) is 6.68. The standard InChI is InChI=1S/C25H22N2O3/c1-2-29-20-14-12-19(13-15-20)26-25(28)17-30-24-16-23(18-8-4-3-5-9-18)27-22-11-7-6-10-21(22)24/h3-16H,2,17H2,1H3,(H,26,28). The van der Waals surface area contributed by atoms with E-state index < -0.39 is 0 Å². The molecular weight excluding hydrogens is 376 g/mol. The van der Waals surface area contributed by atoms with Crippen LogP contribution in [0.5, 0.6) is 11.5 Å². The molecule has 5 nitrogen and oxygen atoms in total. The molecule has 4 rings (SSSR count). The van der Waals surface area contributed by atoms with Crippen LogP contribution in [0.1, 0.15) is 6.92 Å². The van der Waals surface area contributed by atoms with E-state index in [-0.39, 0.29) is 12.5 Å². The van der Waals surface area contributed by atoms with Crippen LogP contribution in [0.15, 0.2) is 84.9 Å². The molecule has 0 fully saturated rings. The van der Waals surface area contributed by atoms with Gasteiger partial charge in [0.05, 0.1) is 17.8 Å². The highest BCUT2D eigenvalue weighted by atomic mass is 16.5. The van der Waals surface area contributed by atoms with Crippen LogP contribution in [0.25, 0.3) is 22.2 Å². The molecule has 30 heavy (non-hydrogen) atoms. The number of amides is 1. The largest absolute Gasteiger partial charge is 0.494 e. The van der Waals surface area contributed by atoms with Crippen LogP contribution < -0.4 is 14.8 Å². The topological polar surface area (TPSA) is 60.5 Å². The van der Waals surface area contributed by atoms with E-state index >= 15 is 0 Å². The van der Waals surface area contributed by atoms with Gasteiger partial charge in [-0.05, 0) is 43.3 Å². The number of fused-ring (bicyclic) bond motifs is 1. The molecule has 0 saturated carbocycles. The summed E-state index contributed by atoms with van der Waals surface area (Å²) in [5, 5.41) is 3.71. The Morgan fingerprint density at radius 3 is 2.40 bits per heavy atom. The summed E-state index contributed by atoms with van der Waals surface area (Å²) in [6, 6.07) is 26.8. The predicted molar refractivity (Wildman–Crippen MR) is 119 cm³/mol. The highest BCUT2D eigenvalue weighted by Gasteiger charge is 2.11. The maximum absolute atomic E-state index is 12.4. The zero-order chi connectivity index (χ0) is 20.8. The van der Waals surface area contributed by atoms with Crippen molar-refractivity contribution in [3.63, 3.8) is 0 Å². The molecule has 3 aromatic carbocycles. The Bertz CT molecular complexity index is 1140. The second kappa shape index (κ2) is 9.09. The lowest BCUT2D eigenvalue weighted by Gasteiger charge is -2.12. The molecule has 1 N–H and O–H groups in total. The van der Waals surface area contributed by atoms with Gasteiger partial charge in [0.15, 0.2) is 6.61 Å². The summed E-state index contributed by atoms with van der Waals surface area (Å²) in [7, 11) is 0. The maximum atomic E-state index is 12.4. The first-order chi connectivity index (χ1) is 14.7. The van der Waals surface area contributed by atoms with E-state index in [9.17, 15) is 4.79 Å². The summed E-state index contributed by atoms with van der Waals surface area (Å²) in [5.74, 6) is 1.16. The smallest absolute Gasteiger partial charge is 0.262 e. The first-order valence-electron chi connectivity index (χ1n) is 9.83. The van der Waals surface area contributed by atoms with E-state index in [1.807, 2.05) is 79.7 Å². The molecule has 0 radical (unpaired) electrons. The first kappa shape index (κ1) is 19.5. The van der Waals surface area contributed by atoms with Crippen molar-refractivity contribution in [2.24, 2.45) is 0 Å². The van der Waals surface area contributed by atoms with Gasteiger partial charge in [-0.3, -0.25) is 4.79 Å². The average Bonchev–Trinajstić information content (AvgIpc) is 2.79.